The molecular formula is C18H26N2O23. The third kappa shape index (κ3) is 4.66. The minimum atomic E-state index is -5.36. The molecule has 0 radical (unpaired) electrons. The Morgan fingerprint density at radius 2 is 1.14 bits per heavy atom. The summed E-state index contributed by atoms with van der Waals surface area (Å²) in [4.78, 5) is 12.2. The van der Waals surface area contributed by atoms with Crippen molar-refractivity contribution < 1.29 is 116 Å². The molecule has 43 heavy (non-hydrogen) atoms. The first-order valence-corrected chi connectivity index (χ1v) is 10.8. The van der Waals surface area contributed by atoms with Crippen LogP contribution in [0.3, 0.4) is 0 Å². The lowest BCUT2D eigenvalue weighted by Gasteiger charge is -2.63. The fraction of sp³-hybridized carbons (Fsp3) is 0.611. The van der Waals surface area contributed by atoms with Gasteiger partial charge in [-0.05, 0) is 12.1 Å². The molecule has 0 amide bonds. The van der Waals surface area contributed by atoms with Crippen molar-refractivity contribution in [3.63, 3.8) is 0 Å². The van der Waals surface area contributed by atoms with Crippen LogP contribution in [0.15, 0.2) is 12.1 Å². The van der Waals surface area contributed by atoms with Gasteiger partial charge in [-0.2, -0.15) is 0 Å². The van der Waals surface area contributed by atoms with Crippen LogP contribution >= 0.6 is 0 Å². The van der Waals surface area contributed by atoms with Gasteiger partial charge in [0.15, 0.2) is 11.5 Å². The summed E-state index contributed by atoms with van der Waals surface area (Å²) < 4.78 is 8.50. The molecular weight excluding hydrogens is 612 g/mol. The van der Waals surface area contributed by atoms with E-state index in [2.05, 4.69) is 9.47 Å². The number of aliphatic hydroxyl groups is 20. The number of nitrogens with two attached hydrogens (primary N) is 1. The lowest BCUT2D eigenvalue weighted by Crippen LogP contribution is -2.90. The highest BCUT2D eigenvalue weighted by molar-refractivity contribution is 5.97. The van der Waals surface area contributed by atoms with E-state index in [0.29, 0.717) is 0 Å². The number of fused-ring (bicyclic) bond motifs is 3. The van der Waals surface area contributed by atoms with E-state index in [1.165, 1.54) is 0 Å². The van der Waals surface area contributed by atoms with Gasteiger partial charge in [0.1, 0.15) is 0 Å². The molecule has 1 fully saturated rings. The molecule has 1 aromatic carbocycles. The van der Waals surface area contributed by atoms with Crippen molar-refractivity contribution in [1.82, 2.24) is 4.90 Å². The summed E-state index contributed by atoms with van der Waals surface area (Å²) in [5.74, 6) is -36.0. The van der Waals surface area contributed by atoms with Crippen LogP contribution < -0.4 is 15.2 Å². The zero-order chi connectivity index (χ0) is 34.0. The minimum absolute atomic E-state index is 0.0468. The number of carbonyl (C=O) groups excluding carboxylic acids is 1. The maximum absolute atomic E-state index is 13.1. The monoisotopic (exact) mass is 638 g/mol. The van der Waals surface area contributed by atoms with Gasteiger partial charge in [0.2, 0.25) is 17.1 Å². The second kappa shape index (κ2) is 9.09. The van der Waals surface area contributed by atoms with Gasteiger partial charge in [-0.3, -0.25) is 4.79 Å². The number of Topliss-reactive ketones (excluding diaryl/α,β-unsaturated/α-hetero) is 1. The van der Waals surface area contributed by atoms with Crippen molar-refractivity contribution in [3.05, 3.63) is 23.3 Å². The van der Waals surface area contributed by atoms with Gasteiger partial charge >= 0.3 is 24.0 Å². The molecule has 2 aliphatic heterocycles. The Morgan fingerprint density at radius 1 is 0.698 bits per heavy atom. The fourth-order valence-electron chi connectivity index (χ4n) is 4.48. The number of hydrogen-bond donors (Lipinski definition) is 21. The fourth-order valence-corrected chi connectivity index (χ4v) is 4.48. The Bertz CT molecular complexity index is 1300. The summed E-state index contributed by atoms with van der Waals surface area (Å²) in [6, 6.07) is -0.126. The molecule has 0 aromatic heterocycles. The highest BCUT2D eigenvalue weighted by atomic mass is 16.9. The maximum atomic E-state index is 13.1. The largest absolute Gasteiger partial charge is 0.453 e. The molecule has 2 heterocycles. The average molecular weight is 638 g/mol. The van der Waals surface area contributed by atoms with Crippen LogP contribution in [0.5, 0.6) is 11.5 Å². The summed E-state index contributed by atoms with van der Waals surface area (Å²) >= 11 is 0. The third-order valence-electron chi connectivity index (χ3n) is 6.67. The second-order valence-corrected chi connectivity index (χ2v) is 9.69. The standard InChI is InChI=1S/C18H26N2O23/c19-17(37,38)42-6-2-5-4(1-7(6)43-18(39,40)41)10(23)12(26,27)8(21)9(22,3-20(10)15(32,33)11(5,24)25)13(28,29)14(30,31)16(34,35)36/h1-2,22-41H,3,19H2. The van der Waals surface area contributed by atoms with Crippen LogP contribution in [0.2, 0.25) is 0 Å². The van der Waals surface area contributed by atoms with Crippen LogP contribution in [0.1, 0.15) is 11.1 Å². The van der Waals surface area contributed by atoms with Crippen molar-refractivity contribution in [3.8, 4) is 11.5 Å². The zero-order valence-electron chi connectivity index (χ0n) is 20.6. The smallest absolute Gasteiger partial charge is 0.423 e. The quantitative estimate of drug-likeness (QED) is 0.123. The van der Waals surface area contributed by atoms with Crippen LogP contribution in [-0.2, 0) is 16.3 Å². The van der Waals surface area contributed by atoms with Crippen molar-refractivity contribution >= 4 is 5.78 Å². The second-order valence-electron chi connectivity index (χ2n) is 9.69. The molecule has 2 aliphatic rings. The van der Waals surface area contributed by atoms with E-state index in [9.17, 15) is 91.6 Å². The van der Waals surface area contributed by atoms with E-state index in [1.807, 2.05) is 0 Å². The van der Waals surface area contributed by atoms with E-state index < -0.39 is 98.5 Å². The molecule has 22 N–H and O–H groups in total. The van der Waals surface area contributed by atoms with Gasteiger partial charge in [-0.25, -0.2) is 10.6 Å². The first-order chi connectivity index (χ1) is 18.6. The number of benzene rings is 1. The normalized spacial score (nSPS) is 27.8. The molecule has 3 rings (SSSR count). The third-order valence-corrected chi connectivity index (χ3v) is 6.67. The van der Waals surface area contributed by atoms with Gasteiger partial charge < -0.3 is 112 Å². The molecule has 1 aromatic rings. The van der Waals surface area contributed by atoms with Gasteiger partial charge in [-0.1, -0.05) is 0 Å². The van der Waals surface area contributed by atoms with Crippen molar-refractivity contribution in [2.24, 2.45) is 5.73 Å². The van der Waals surface area contributed by atoms with E-state index in [0.717, 1.165) is 0 Å². The molecule has 1 saturated heterocycles. The minimum Gasteiger partial charge on any atom is -0.423 e. The van der Waals surface area contributed by atoms with Gasteiger partial charge in [0, 0.05) is 17.7 Å². The predicted octanol–water partition coefficient (Wildman–Crippen LogP) is -13.2. The van der Waals surface area contributed by atoms with Crippen molar-refractivity contribution in [1.29, 1.82) is 0 Å². The highest BCUT2D eigenvalue weighted by Gasteiger charge is 2.84. The summed E-state index contributed by atoms with van der Waals surface area (Å²) in [5.41, 5.74) is -7.83. The molecule has 25 nitrogen and oxygen atoms in total. The van der Waals surface area contributed by atoms with E-state index in [1.54, 1.807) is 0 Å². The zero-order valence-corrected chi connectivity index (χ0v) is 20.6. The maximum Gasteiger partial charge on any atom is 0.453 e. The predicted molar refractivity (Wildman–Crippen MR) is 113 cm³/mol. The SMILES string of the molecule is NC(O)(O)Oc1cc2c(cc1OC(O)(O)O)C1(O)N(CC(O)(C(O)(O)C(O)(O)C(O)(O)O)C(=O)C1(O)O)C(O)(O)C2(O)O. The Labute approximate surface area is 233 Å². The molecule has 0 aliphatic carbocycles. The van der Waals surface area contributed by atoms with Gasteiger partial charge in [-0.15, -0.1) is 0 Å². The highest BCUT2D eigenvalue weighted by Crippen LogP contribution is 2.58. The average Bonchev–Trinajstić information content (AvgIpc) is 2.77. The lowest BCUT2D eigenvalue weighted by atomic mass is 9.67. The van der Waals surface area contributed by atoms with Crippen molar-refractivity contribution in [2.45, 2.75) is 58.6 Å². The van der Waals surface area contributed by atoms with Gasteiger partial charge in [0.05, 0.1) is 0 Å². The molecule has 0 bridgehead atoms. The molecule has 2 atom stereocenters. The van der Waals surface area contributed by atoms with Crippen LogP contribution in [-0.4, -0.2) is 166 Å². The number of piperidine rings is 1. The van der Waals surface area contributed by atoms with E-state index in [-0.39, 0.29) is 12.1 Å². The Balaban J connectivity index is 2.45. The summed E-state index contributed by atoms with van der Waals surface area (Å²) in [6.07, 6.45) is -8.06. The topological polar surface area (TPSA) is 469 Å². The lowest BCUT2D eigenvalue weighted by molar-refractivity contribution is -0.536. The molecule has 0 spiro atoms. The summed E-state index contributed by atoms with van der Waals surface area (Å²) in [5, 5.41) is 200. The number of nitrogens with zero attached hydrogens (tertiary/aromatic N) is 1. The number of rotatable bonds is 7. The van der Waals surface area contributed by atoms with Gasteiger partial charge in [0.25, 0.3) is 23.3 Å². The summed E-state index contributed by atoms with van der Waals surface area (Å²) in [7, 11) is 0. The Morgan fingerprint density at radius 3 is 1.56 bits per heavy atom. The molecule has 246 valence electrons. The van der Waals surface area contributed by atoms with E-state index >= 15 is 0 Å². The first kappa shape index (κ1) is 35.1. The number of hydrogen-bond acceptors (Lipinski definition) is 25. The number of ketones is 1. The number of carbonyl (C=O) groups is 1. The summed E-state index contributed by atoms with van der Waals surface area (Å²) in [6.45, 7) is -2.55. The molecule has 2 unspecified atom stereocenters. The van der Waals surface area contributed by atoms with Crippen LogP contribution in [0.4, 0.5) is 0 Å². The first-order valence-electron chi connectivity index (χ1n) is 10.8. The van der Waals surface area contributed by atoms with E-state index in [4.69, 9.17) is 21.1 Å². The molecule has 0 saturated carbocycles. The van der Waals surface area contributed by atoms with Crippen LogP contribution in [0.25, 0.3) is 0 Å². The van der Waals surface area contributed by atoms with Crippen molar-refractivity contribution in [2.75, 3.05) is 6.54 Å². The van der Waals surface area contributed by atoms with Crippen LogP contribution in [0, 0.1) is 0 Å². The number of ether oxygens (including phenoxy) is 2. The Hall–Kier alpha value is -2.39. The Kier molecular flexibility index (Phi) is 7.42. The molecule has 25 heteroatoms.